The fraction of sp³-hybridized carbons (Fsp3) is 0.462. The summed E-state index contributed by atoms with van der Waals surface area (Å²) in [4.78, 5) is 12.3. The molecule has 0 unspecified atom stereocenters. The number of nitrogens with zero attached hydrogens (tertiary/aromatic N) is 4. The fourth-order valence-electron chi connectivity index (χ4n) is 2.19. The number of aryl methyl sites for hydroxylation is 3. The van der Waals surface area contributed by atoms with Crippen LogP contribution < -0.4 is 5.32 Å². The number of carbonyl (C=O) groups excluding carboxylic acids is 1. The minimum absolute atomic E-state index is 0.108. The molecule has 0 bridgehead atoms. The molecule has 1 amide bonds. The van der Waals surface area contributed by atoms with Crippen LogP contribution in [0.5, 0.6) is 0 Å². The smallest absolute Gasteiger partial charge is 0.255 e. The van der Waals surface area contributed by atoms with Crippen LogP contribution in [0.25, 0.3) is 0 Å². The molecule has 2 rings (SSSR count). The average Bonchev–Trinajstić information content (AvgIpc) is 2.88. The highest BCUT2D eigenvalue weighted by molar-refractivity contribution is 9.10. The third kappa shape index (κ3) is 2.63. The third-order valence-electron chi connectivity index (χ3n) is 3.35. The number of amides is 1. The van der Waals surface area contributed by atoms with Crippen molar-refractivity contribution in [3.05, 3.63) is 33.3 Å². The van der Waals surface area contributed by atoms with Crippen LogP contribution >= 0.6 is 15.9 Å². The first-order valence-electron chi connectivity index (χ1n) is 6.44. The molecule has 7 heteroatoms. The Hall–Kier alpha value is -1.63. The second kappa shape index (κ2) is 5.78. The van der Waals surface area contributed by atoms with E-state index in [1.165, 1.54) is 0 Å². The fourth-order valence-corrected chi connectivity index (χ4v) is 2.63. The van der Waals surface area contributed by atoms with Gasteiger partial charge in [0.05, 0.1) is 34.2 Å². The number of aromatic nitrogens is 4. The van der Waals surface area contributed by atoms with Gasteiger partial charge in [0.2, 0.25) is 0 Å². The quantitative estimate of drug-likeness (QED) is 0.925. The highest BCUT2D eigenvalue weighted by Gasteiger charge is 2.18. The first-order chi connectivity index (χ1) is 9.45. The van der Waals surface area contributed by atoms with Crippen molar-refractivity contribution in [1.29, 1.82) is 0 Å². The lowest BCUT2D eigenvalue weighted by Gasteiger charge is -2.08. The third-order valence-corrected chi connectivity index (χ3v) is 4.01. The van der Waals surface area contributed by atoms with Crippen molar-refractivity contribution in [3.63, 3.8) is 0 Å². The van der Waals surface area contributed by atoms with Crippen LogP contribution in [0.3, 0.4) is 0 Å². The Kier molecular flexibility index (Phi) is 4.27. The summed E-state index contributed by atoms with van der Waals surface area (Å²) in [6.07, 6.45) is 1.74. The van der Waals surface area contributed by atoms with E-state index >= 15 is 0 Å². The molecule has 6 nitrogen and oxygen atoms in total. The molecule has 0 aliphatic rings. The largest absolute Gasteiger partial charge is 0.346 e. The minimum Gasteiger partial charge on any atom is -0.346 e. The first-order valence-corrected chi connectivity index (χ1v) is 7.23. The van der Waals surface area contributed by atoms with E-state index < -0.39 is 0 Å². The topological polar surface area (TPSA) is 64.7 Å². The van der Waals surface area contributed by atoms with Crippen molar-refractivity contribution in [2.75, 3.05) is 0 Å². The van der Waals surface area contributed by atoms with Gasteiger partial charge in [-0.2, -0.15) is 10.2 Å². The molecule has 0 saturated heterocycles. The number of hydrogen-bond donors (Lipinski definition) is 1. The average molecular weight is 340 g/mol. The van der Waals surface area contributed by atoms with Gasteiger partial charge >= 0.3 is 0 Å². The van der Waals surface area contributed by atoms with E-state index in [0.717, 1.165) is 28.1 Å². The molecule has 1 N–H and O–H groups in total. The van der Waals surface area contributed by atoms with Crippen molar-refractivity contribution >= 4 is 21.8 Å². The van der Waals surface area contributed by atoms with Gasteiger partial charge in [-0.15, -0.1) is 0 Å². The van der Waals surface area contributed by atoms with E-state index in [1.54, 1.807) is 10.9 Å². The Morgan fingerprint density at radius 3 is 2.70 bits per heavy atom. The summed E-state index contributed by atoms with van der Waals surface area (Å²) in [5.41, 5.74) is 3.21. The standard InChI is InChI=1S/C13H18BrN5O/c1-5-19-11(10(14)6-16-19)7-15-13(20)12-8(2)17-18(4)9(12)3/h6H,5,7H2,1-4H3,(H,15,20). The zero-order chi connectivity index (χ0) is 14.9. The minimum atomic E-state index is -0.108. The van der Waals surface area contributed by atoms with Crippen molar-refractivity contribution in [2.24, 2.45) is 7.05 Å². The molecule has 0 aliphatic heterocycles. The van der Waals surface area contributed by atoms with Crippen LogP contribution in [0.2, 0.25) is 0 Å². The maximum Gasteiger partial charge on any atom is 0.255 e. The second-order valence-electron chi connectivity index (χ2n) is 4.61. The summed E-state index contributed by atoms with van der Waals surface area (Å²) in [6, 6.07) is 0. The molecule has 0 radical (unpaired) electrons. The molecular formula is C13H18BrN5O. The number of carbonyl (C=O) groups is 1. The van der Waals surface area contributed by atoms with E-state index in [9.17, 15) is 4.79 Å². The van der Waals surface area contributed by atoms with Crippen molar-refractivity contribution in [1.82, 2.24) is 24.9 Å². The molecule has 2 heterocycles. The predicted molar refractivity (Wildman–Crippen MR) is 79.5 cm³/mol. The second-order valence-corrected chi connectivity index (χ2v) is 5.46. The van der Waals surface area contributed by atoms with E-state index in [1.807, 2.05) is 32.5 Å². The first kappa shape index (κ1) is 14.8. The summed E-state index contributed by atoms with van der Waals surface area (Å²) in [5.74, 6) is -0.108. The molecule has 0 saturated carbocycles. The van der Waals surface area contributed by atoms with Crippen LogP contribution in [0.15, 0.2) is 10.7 Å². The Balaban J connectivity index is 2.15. The van der Waals surface area contributed by atoms with Crippen LogP contribution in [-0.4, -0.2) is 25.5 Å². The summed E-state index contributed by atoms with van der Waals surface area (Å²) in [6.45, 7) is 6.94. The van der Waals surface area contributed by atoms with Crippen LogP contribution in [0.1, 0.15) is 34.4 Å². The van der Waals surface area contributed by atoms with E-state index in [-0.39, 0.29) is 5.91 Å². The summed E-state index contributed by atoms with van der Waals surface area (Å²) < 4.78 is 4.48. The molecule has 0 fully saturated rings. The monoisotopic (exact) mass is 339 g/mol. The van der Waals surface area contributed by atoms with E-state index in [4.69, 9.17) is 0 Å². The normalized spacial score (nSPS) is 10.8. The van der Waals surface area contributed by atoms with Crippen molar-refractivity contribution in [3.8, 4) is 0 Å². The lowest BCUT2D eigenvalue weighted by Crippen LogP contribution is -2.25. The van der Waals surface area contributed by atoms with Gasteiger partial charge in [0, 0.05) is 19.3 Å². The highest BCUT2D eigenvalue weighted by Crippen LogP contribution is 2.16. The van der Waals surface area contributed by atoms with E-state index in [2.05, 4.69) is 31.4 Å². The number of halogens is 1. The van der Waals surface area contributed by atoms with Crippen molar-refractivity contribution in [2.45, 2.75) is 33.9 Å². The van der Waals surface area contributed by atoms with Crippen LogP contribution in [0, 0.1) is 13.8 Å². The summed E-state index contributed by atoms with van der Waals surface area (Å²) >= 11 is 3.45. The summed E-state index contributed by atoms with van der Waals surface area (Å²) in [5, 5.41) is 11.4. The van der Waals surface area contributed by atoms with Crippen LogP contribution in [0.4, 0.5) is 0 Å². The predicted octanol–water partition coefficient (Wildman–Crippen LogP) is 1.95. The van der Waals surface area contributed by atoms with Gasteiger partial charge in [0.25, 0.3) is 5.91 Å². The Morgan fingerprint density at radius 1 is 1.45 bits per heavy atom. The van der Waals surface area contributed by atoms with Gasteiger partial charge in [0.15, 0.2) is 0 Å². The zero-order valence-corrected chi connectivity index (χ0v) is 13.7. The summed E-state index contributed by atoms with van der Waals surface area (Å²) in [7, 11) is 1.84. The van der Waals surface area contributed by atoms with Gasteiger partial charge in [-0.3, -0.25) is 14.2 Å². The Labute approximate surface area is 126 Å². The molecule has 0 spiro atoms. The van der Waals surface area contributed by atoms with Gasteiger partial charge in [-0.25, -0.2) is 0 Å². The van der Waals surface area contributed by atoms with Gasteiger partial charge in [0.1, 0.15) is 0 Å². The van der Waals surface area contributed by atoms with Crippen molar-refractivity contribution < 1.29 is 4.79 Å². The van der Waals surface area contributed by atoms with Gasteiger partial charge in [-0.1, -0.05) is 0 Å². The van der Waals surface area contributed by atoms with E-state index in [0.29, 0.717) is 12.1 Å². The Bertz CT molecular complexity index is 643. The number of hydrogen-bond acceptors (Lipinski definition) is 3. The lowest BCUT2D eigenvalue weighted by atomic mass is 10.2. The molecule has 108 valence electrons. The molecule has 2 aromatic heterocycles. The van der Waals surface area contributed by atoms with Gasteiger partial charge in [-0.05, 0) is 36.7 Å². The lowest BCUT2D eigenvalue weighted by molar-refractivity contribution is 0.0948. The zero-order valence-electron chi connectivity index (χ0n) is 12.1. The molecular weight excluding hydrogens is 322 g/mol. The Morgan fingerprint density at radius 2 is 2.15 bits per heavy atom. The van der Waals surface area contributed by atoms with Crippen LogP contribution in [-0.2, 0) is 20.1 Å². The number of nitrogens with one attached hydrogen (secondary N) is 1. The number of rotatable bonds is 4. The molecule has 2 aromatic rings. The highest BCUT2D eigenvalue weighted by atomic mass is 79.9. The maximum atomic E-state index is 12.3. The molecule has 0 aromatic carbocycles. The molecule has 20 heavy (non-hydrogen) atoms. The van der Waals surface area contributed by atoms with Gasteiger partial charge < -0.3 is 5.32 Å². The molecule has 0 aliphatic carbocycles. The molecule has 0 atom stereocenters. The SMILES string of the molecule is CCn1ncc(Br)c1CNC(=O)c1c(C)nn(C)c1C. The maximum absolute atomic E-state index is 12.3.